The van der Waals surface area contributed by atoms with Crippen molar-refractivity contribution in [1.29, 1.82) is 0 Å². The maximum atomic E-state index is 5.91. The minimum absolute atomic E-state index is 0. The van der Waals surface area contributed by atoms with Crippen LogP contribution in [-0.4, -0.2) is 26.7 Å². The number of halogens is 1. The van der Waals surface area contributed by atoms with E-state index in [1.165, 1.54) is 5.56 Å². The van der Waals surface area contributed by atoms with Gasteiger partial charge in [-0.25, -0.2) is 0 Å². The first-order valence-corrected chi connectivity index (χ1v) is 8.05. The molecule has 0 saturated carbocycles. The Morgan fingerprint density at radius 2 is 1.72 bits per heavy atom. The summed E-state index contributed by atoms with van der Waals surface area (Å²) in [5, 5.41) is 3.07. The average Bonchev–Trinajstić information content (AvgIpc) is 2.62. The van der Waals surface area contributed by atoms with Crippen molar-refractivity contribution in [2.24, 2.45) is 10.7 Å². The number of nitrogens with one attached hydrogen (secondary N) is 1. The number of nitrogens with two attached hydrogens (primary N) is 1. The molecule has 0 amide bonds. The summed E-state index contributed by atoms with van der Waals surface area (Å²) < 4.78 is 10.3. The Balaban J connectivity index is 0.00000312. The van der Waals surface area contributed by atoms with E-state index >= 15 is 0 Å². The first kappa shape index (κ1) is 21.1. The standard InChI is InChI=1S/C19H25N3O2.HI/c1-23-17-11-9-15(10-12-17)6-3-4-13-21-19(20)22-16-7-5-8-18(14-16)24-2;/h5,7-12,14H,3-4,6,13H2,1-2H3,(H3,20,21,22);1H. The molecule has 2 aromatic carbocycles. The lowest BCUT2D eigenvalue weighted by Crippen LogP contribution is -2.22. The summed E-state index contributed by atoms with van der Waals surface area (Å²) in [6.07, 6.45) is 3.09. The van der Waals surface area contributed by atoms with Crippen molar-refractivity contribution < 1.29 is 9.47 Å². The second-order valence-corrected chi connectivity index (χ2v) is 5.43. The third-order valence-electron chi connectivity index (χ3n) is 3.66. The number of aliphatic imine (C=N–C) groups is 1. The van der Waals surface area contributed by atoms with Gasteiger partial charge in [0, 0.05) is 18.3 Å². The van der Waals surface area contributed by atoms with Crippen molar-refractivity contribution in [2.45, 2.75) is 19.3 Å². The molecule has 2 rings (SSSR count). The largest absolute Gasteiger partial charge is 0.497 e. The SMILES string of the molecule is COc1ccc(CCCCN=C(N)Nc2cccc(OC)c2)cc1.I. The molecule has 0 atom stereocenters. The first-order valence-electron chi connectivity index (χ1n) is 8.05. The van der Waals surface area contributed by atoms with Crippen LogP contribution < -0.4 is 20.5 Å². The molecular formula is C19H26IN3O2. The molecular weight excluding hydrogens is 429 g/mol. The van der Waals surface area contributed by atoms with Gasteiger partial charge in [0.1, 0.15) is 11.5 Å². The molecule has 0 bridgehead atoms. The summed E-state index contributed by atoms with van der Waals surface area (Å²) in [6.45, 7) is 0.707. The molecule has 0 aliphatic carbocycles. The lowest BCUT2D eigenvalue weighted by Gasteiger charge is -2.07. The molecule has 5 nitrogen and oxygen atoms in total. The number of anilines is 1. The monoisotopic (exact) mass is 455 g/mol. The minimum atomic E-state index is 0. The summed E-state index contributed by atoms with van der Waals surface area (Å²) in [6, 6.07) is 15.8. The van der Waals surface area contributed by atoms with Crippen LogP contribution in [0.3, 0.4) is 0 Å². The summed E-state index contributed by atoms with van der Waals surface area (Å²) in [4.78, 5) is 4.36. The Bertz CT molecular complexity index is 660. The summed E-state index contributed by atoms with van der Waals surface area (Å²) in [7, 11) is 3.32. The van der Waals surface area contributed by atoms with E-state index in [1.54, 1.807) is 14.2 Å². The second kappa shape index (κ2) is 11.6. The van der Waals surface area contributed by atoms with Gasteiger partial charge in [-0.05, 0) is 49.1 Å². The molecule has 6 heteroatoms. The predicted octanol–water partition coefficient (Wildman–Crippen LogP) is 4.07. The Morgan fingerprint density at radius 3 is 2.40 bits per heavy atom. The number of hydrogen-bond donors (Lipinski definition) is 2. The van der Waals surface area contributed by atoms with E-state index in [2.05, 4.69) is 22.4 Å². The zero-order valence-corrected chi connectivity index (χ0v) is 17.0. The lowest BCUT2D eigenvalue weighted by molar-refractivity contribution is 0.414. The number of methoxy groups -OCH3 is 2. The van der Waals surface area contributed by atoms with Crippen LogP contribution in [-0.2, 0) is 6.42 Å². The zero-order chi connectivity index (χ0) is 17.2. The lowest BCUT2D eigenvalue weighted by atomic mass is 10.1. The van der Waals surface area contributed by atoms with Crippen molar-refractivity contribution in [2.75, 3.05) is 26.1 Å². The number of hydrogen-bond acceptors (Lipinski definition) is 3. The number of guanidine groups is 1. The van der Waals surface area contributed by atoms with Crippen LogP contribution in [0.1, 0.15) is 18.4 Å². The van der Waals surface area contributed by atoms with Gasteiger partial charge < -0.3 is 20.5 Å². The molecule has 0 aromatic heterocycles. The van der Waals surface area contributed by atoms with Crippen molar-refractivity contribution >= 4 is 35.6 Å². The van der Waals surface area contributed by atoms with E-state index in [1.807, 2.05) is 36.4 Å². The Morgan fingerprint density at radius 1 is 1.00 bits per heavy atom. The van der Waals surface area contributed by atoms with E-state index in [9.17, 15) is 0 Å². The first-order chi connectivity index (χ1) is 11.7. The van der Waals surface area contributed by atoms with Crippen LogP contribution in [0.15, 0.2) is 53.5 Å². The highest BCUT2D eigenvalue weighted by Gasteiger charge is 1.98. The highest BCUT2D eigenvalue weighted by molar-refractivity contribution is 14.0. The minimum Gasteiger partial charge on any atom is -0.497 e. The maximum absolute atomic E-state index is 5.91. The number of ether oxygens (including phenoxy) is 2. The zero-order valence-electron chi connectivity index (χ0n) is 14.7. The van der Waals surface area contributed by atoms with Crippen LogP contribution in [0.2, 0.25) is 0 Å². The summed E-state index contributed by atoms with van der Waals surface area (Å²) >= 11 is 0. The maximum Gasteiger partial charge on any atom is 0.193 e. The van der Waals surface area contributed by atoms with Crippen LogP contribution in [0.5, 0.6) is 11.5 Å². The van der Waals surface area contributed by atoms with E-state index in [-0.39, 0.29) is 24.0 Å². The fourth-order valence-electron chi connectivity index (χ4n) is 2.32. The topological polar surface area (TPSA) is 68.9 Å². The Labute approximate surface area is 166 Å². The van der Waals surface area contributed by atoms with E-state index in [4.69, 9.17) is 15.2 Å². The van der Waals surface area contributed by atoms with Gasteiger partial charge in [-0.3, -0.25) is 4.99 Å². The Kier molecular flexibility index (Phi) is 9.76. The molecule has 0 radical (unpaired) electrons. The van der Waals surface area contributed by atoms with Gasteiger partial charge >= 0.3 is 0 Å². The van der Waals surface area contributed by atoms with Crippen LogP contribution in [0.25, 0.3) is 0 Å². The van der Waals surface area contributed by atoms with E-state index in [0.29, 0.717) is 12.5 Å². The molecule has 0 fully saturated rings. The number of benzene rings is 2. The van der Waals surface area contributed by atoms with Crippen molar-refractivity contribution in [1.82, 2.24) is 0 Å². The summed E-state index contributed by atoms with van der Waals surface area (Å²) in [5.41, 5.74) is 8.08. The van der Waals surface area contributed by atoms with Gasteiger partial charge in [0.15, 0.2) is 5.96 Å². The molecule has 0 aliphatic rings. The van der Waals surface area contributed by atoms with Crippen molar-refractivity contribution in [3.8, 4) is 11.5 Å². The molecule has 0 saturated heterocycles. The quantitative estimate of drug-likeness (QED) is 0.273. The highest BCUT2D eigenvalue weighted by atomic mass is 127. The van der Waals surface area contributed by atoms with Crippen LogP contribution >= 0.6 is 24.0 Å². The Hall–Kier alpha value is -1.96. The van der Waals surface area contributed by atoms with Gasteiger partial charge in [0.05, 0.1) is 14.2 Å². The number of aryl methyl sites for hydroxylation is 1. The van der Waals surface area contributed by atoms with Crippen molar-refractivity contribution in [3.05, 3.63) is 54.1 Å². The smallest absolute Gasteiger partial charge is 0.193 e. The van der Waals surface area contributed by atoms with E-state index < -0.39 is 0 Å². The van der Waals surface area contributed by atoms with Crippen molar-refractivity contribution in [3.63, 3.8) is 0 Å². The number of nitrogens with zero attached hydrogens (tertiary/aromatic N) is 1. The third kappa shape index (κ3) is 7.64. The predicted molar refractivity (Wildman–Crippen MR) is 114 cm³/mol. The van der Waals surface area contributed by atoms with Gasteiger partial charge in [0.2, 0.25) is 0 Å². The molecule has 0 heterocycles. The normalized spacial score (nSPS) is 10.7. The van der Waals surface area contributed by atoms with Crippen LogP contribution in [0.4, 0.5) is 5.69 Å². The molecule has 0 aliphatic heterocycles. The highest BCUT2D eigenvalue weighted by Crippen LogP contribution is 2.16. The summed E-state index contributed by atoms with van der Waals surface area (Å²) in [5.74, 6) is 2.10. The molecule has 136 valence electrons. The molecule has 25 heavy (non-hydrogen) atoms. The molecule has 0 unspecified atom stereocenters. The fraction of sp³-hybridized carbons (Fsp3) is 0.316. The average molecular weight is 455 g/mol. The van der Waals surface area contributed by atoms with E-state index in [0.717, 1.165) is 36.4 Å². The third-order valence-corrected chi connectivity index (χ3v) is 3.66. The number of unbranched alkanes of at least 4 members (excludes halogenated alkanes) is 1. The molecule has 0 spiro atoms. The fourth-order valence-corrected chi connectivity index (χ4v) is 2.32. The second-order valence-electron chi connectivity index (χ2n) is 5.43. The molecule has 2 aromatic rings. The van der Waals surface area contributed by atoms with Gasteiger partial charge in [-0.1, -0.05) is 18.2 Å². The number of rotatable bonds is 8. The van der Waals surface area contributed by atoms with Gasteiger partial charge in [-0.2, -0.15) is 0 Å². The van der Waals surface area contributed by atoms with Gasteiger partial charge in [-0.15, -0.1) is 24.0 Å². The van der Waals surface area contributed by atoms with Crippen LogP contribution in [0, 0.1) is 0 Å². The van der Waals surface area contributed by atoms with Gasteiger partial charge in [0.25, 0.3) is 0 Å². The molecule has 3 N–H and O–H groups in total.